The molecule has 0 atom stereocenters. The Balaban J connectivity index is 1.62. The molecule has 0 radical (unpaired) electrons. The number of anilines is 1. The van der Waals surface area contributed by atoms with Gasteiger partial charge in [-0.2, -0.15) is 0 Å². The fraction of sp³-hybridized carbons (Fsp3) is 0.182. The van der Waals surface area contributed by atoms with Gasteiger partial charge in [-0.25, -0.2) is 0 Å². The molecule has 0 unspecified atom stereocenters. The van der Waals surface area contributed by atoms with Crippen LogP contribution in [0.3, 0.4) is 0 Å². The first-order chi connectivity index (χ1) is 14.6. The summed E-state index contributed by atoms with van der Waals surface area (Å²) in [5, 5.41) is 7.44. The second-order valence-electron chi connectivity index (χ2n) is 6.59. The van der Waals surface area contributed by atoms with Crippen LogP contribution in [0.5, 0.6) is 11.5 Å². The minimum Gasteiger partial charge on any atom is -0.496 e. The summed E-state index contributed by atoms with van der Waals surface area (Å²) in [6.07, 6.45) is 4.16. The van der Waals surface area contributed by atoms with Crippen molar-refractivity contribution in [2.24, 2.45) is 0 Å². The predicted octanol–water partition coefficient (Wildman–Crippen LogP) is 4.28. The number of carbonyl (C=O) groups is 1. The van der Waals surface area contributed by atoms with E-state index in [9.17, 15) is 9.59 Å². The zero-order chi connectivity index (χ0) is 21.1. The maximum absolute atomic E-state index is 13.1. The van der Waals surface area contributed by atoms with Crippen molar-refractivity contribution >= 4 is 45.3 Å². The average molecular weight is 424 g/mol. The van der Waals surface area contributed by atoms with Crippen LogP contribution in [0.2, 0.25) is 0 Å². The highest BCUT2D eigenvalue weighted by molar-refractivity contribution is 8.04. The smallest absolute Gasteiger partial charge is 0.226 e. The fourth-order valence-electron chi connectivity index (χ4n) is 3.20. The summed E-state index contributed by atoms with van der Waals surface area (Å²) < 4.78 is 16.5. The molecule has 0 fully saturated rings. The standard InChI is InChI=1S/C22H20N2O5S/c1-27-15-12-18(28-2)21-19(13-15)29-17-4-3-14(11-16(17)22(21)26)23-20(25)5-6-24-7-9-30-10-8-24/h3-4,7-13H,5-6H2,1-2H3,(H,23,25). The summed E-state index contributed by atoms with van der Waals surface area (Å²) in [6, 6.07) is 8.30. The lowest BCUT2D eigenvalue weighted by atomic mass is 10.1. The number of hydrogen-bond acceptors (Lipinski definition) is 7. The lowest BCUT2D eigenvalue weighted by Crippen LogP contribution is -2.20. The number of hydrogen-bond donors (Lipinski definition) is 1. The molecule has 0 aliphatic carbocycles. The van der Waals surface area contributed by atoms with Crippen LogP contribution in [0, 0.1) is 0 Å². The number of carbonyl (C=O) groups excluding carboxylic acids is 1. The van der Waals surface area contributed by atoms with Crippen LogP contribution in [0.25, 0.3) is 21.9 Å². The summed E-state index contributed by atoms with van der Waals surface area (Å²) in [6.45, 7) is 0.568. The lowest BCUT2D eigenvalue weighted by Gasteiger charge is -2.17. The Morgan fingerprint density at radius 3 is 2.63 bits per heavy atom. The van der Waals surface area contributed by atoms with Crippen LogP contribution < -0.4 is 20.2 Å². The van der Waals surface area contributed by atoms with Gasteiger partial charge in [0, 0.05) is 43.2 Å². The highest BCUT2D eigenvalue weighted by atomic mass is 32.2. The van der Waals surface area contributed by atoms with Crippen molar-refractivity contribution in [3.8, 4) is 11.5 Å². The van der Waals surface area contributed by atoms with E-state index in [0.717, 1.165) is 0 Å². The largest absolute Gasteiger partial charge is 0.496 e. The second-order valence-corrected chi connectivity index (χ2v) is 7.40. The van der Waals surface area contributed by atoms with E-state index in [0.29, 0.717) is 52.1 Å². The van der Waals surface area contributed by atoms with Gasteiger partial charge in [0.15, 0.2) is 0 Å². The van der Waals surface area contributed by atoms with E-state index in [1.807, 2.05) is 28.1 Å². The third-order valence-corrected chi connectivity index (χ3v) is 5.27. The van der Waals surface area contributed by atoms with Crippen molar-refractivity contribution in [1.29, 1.82) is 0 Å². The van der Waals surface area contributed by atoms with E-state index in [1.54, 1.807) is 42.1 Å². The summed E-state index contributed by atoms with van der Waals surface area (Å²) in [5.41, 5.74) is 1.10. The number of fused-ring (bicyclic) bond motifs is 2. The topological polar surface area (TPSA) is 81.0 Å². The second kappa shape index (κ2) is 8.54. The van der Waals surface area contributed by atoms with Crippen LogP contribution in [0.4, 0.5) is 5.69 Å². The minimum atomic E-state index is -0.233. The molecule has 0 spiro atoms. The molecule has 8 heteroatoms. The number of ether oxygens (including phenoxy) is 2. The zero-order valence-electron chi connectivity index (χ0n) is 16.5. The van der Waals surface area contributed by atoms with E-state index in [4.69, 9.17) is 13.9 Å². The average Bonchev–Trinajstić information content (AvgIpc) is 2.78. The van der Waals surface area contributed by atoms with Gasteiger partial charge in [0.1, 0.15) is 28.1 Å². The zero-order valence-corrected chi connectivity index (χ0v) is 17.3. The number of nitrogens with one attached hydrogen (secondary N) is 1. The molecule has 30 heavy (non-hydrogen) atoms. The molecule has 1 aliphatic heterocycles. The monoisotopic (exact) mass is 424 g/mol. The van der Waals surface area contributed by atoms with E-state index in [-0.39, 0.29) is 11.3 Å². The van der Waals surface area contributed by atoms with Gasteiger partial charge < -0.3 is 24.1 Å². The molecule has 2 aromatic carbocycles. The number of benzene rings is 2. The molecule has 1 aliphatic rings. The Hall–Kier alpha value is -3.39. The fourth-order valence-corrected chi connectivity index (χ4v) is 3.75. The van der Waals surface area contributed by atoms with Crippen molar-refractivity contribution < 1.29 is 18.7 Å². The van der Waals surface area contributed by atoms with Gasteiger partial charge in [-0.3, -0.25) is 9.59 Å². The molecule has 1 amide bonds. The molecule has 0 saturated heterocycles. The molecule has 0 bridgehead atoms. The van der Waals surface area contributed by atoms with Crippen molar-refractivity contribution in [3.05, 3.63) is 63.8 Å². The normalized spacial score (nSPS) is 13.1. The first-order valence-corrected chi connectivity index (χ1v) is 10.2. The maximum atomic E-state index is 13.1. The molecule has 154 valence electrons. The van der Waals surface area contributed by atoms with E-state index in [2.05, 4.69) is 5.32 Å². The van der Waals surface area contributed by atoms with E-state index < -0.39 is 0 Å². The van der Waals surface area contributed by atoms with Crippen molar-refractivity contribution in [3.63, 3.8) is 0 Å². The molecule has 7 nitrogen and oxygen atoms in total. The first kappa shape index (κ1) is 19.9. The van der Waals surface area contributed by atoms with Crippen molar-refractivity contribution in [2.75, 3.05) is 26.1 Å². The quantitative estimate of drug-likeness (QED) is 0.592. The number of thioether (sulfide) groups is 1. The molecule has 0 saturated carbocycles. The number of amides is 1. The summed E-state index contributed by atoms with van der Waals surface area (Å²) in [4.78, 5) is 27.4. The molecule has 1 aromatic heterocycles. The number of methoxy groups -OCH3 is 2. The van der Waals surface area contributed by atoms with Crippen LogP contribution >= 0.6 is 11.8 Å². The Labute approximate surface area is 176 Å². The summed E-state index contributed by atoms with van der Waals surface area (Å²) >= 11 is 1.59. The SMILES string of the molecule is COc1cc(OC)c2c(=O)c3cc(NC(=O)CCN4C=CSC=C4)ccc3oc2c1. The van der Waals surface area contributed by atoms with Crippen LogP contribution in [0.1, 0.15) is 6.42 Å². The molecule has 1 N–H and O–H groups in total. The van der Waals surface area contributed by atoms with Gasteiger partial charge >= 0.3 is 0 Å². The third-order valence-electron chi connectivity index (χ3n) is 4.71. The van der Waals surface area contributed by atoms with Gasteiger partial charge in [0.05, 0.1) is 19.6 Å². The molecule has 2 heterocycles. The van der Waals surface area contributed by atoms with Crippen LogP contribution in [-0.2, 0) is 4.79 Å². The van der Waals surface area contributed by atoms with Gasteiger partial charge in [-0.15, -0.1) is 11.8 Å². The highest BCUT2D eigenvalue weighted by Gasteiger charge is 2.15. The summed E-state index contributed by atoms with van der Waals surface area (Å²) in [7, 11) is 3.02. The third kappa shape index (κ3) is 3.99. The molecule has 4 rings (SSSR count). The Morgan fingerprint density at radius 2 is 1.90 bits per heavy atom. The molecular weight excluding hydrogens is 404 g/mol. The van der Waals surface area contributed by atoms with Gasteiger partial charge in [-0.1, -0.05) is 0 Å². The Kier molecular flexibility index (Phi) is 5.67. The first-order valence-electron chi connectivity index (χ1n) is 9.26. The minimum absolute atomic E-state index is 0.137. The van der Waals surface area contributed by atoms with Gasteiger partial charge in [0.2, 0.25) is 11.3 Å². The van der Waals surface area contributed by atoms with Crippen LogP contribution in [0.15, 0.2) is 62.8 Å². The van der Waals surface area contributed by atoms with Crippen LogP contribution in [-0.4, -0.2) is 31.6 Å². The van der Waals surface area contributed by atoms with Crippen molar-refractivity contribution in [1.82, 2.24) is 4.90 Å². The summed E-state index contributed by atoms with van der Waals surface area (Å²) in [5.74, 6) is 0.764. The molecule has 3 aromatic rings. The Bertz CT molecular complexity index is 1220. The van der Waals surface area contributed by atoms with E-state index >= 15 is 0 Å². The Morgan fingerprint density at radius 1 is 1.10 bits per heavy atom. The highest BCUT2D eigenvalue weighted by Crippen LogP contribution is 2.31. The number of nitrogens with zero attached hydrogens (tertiary/aromatic N) is 1. The van der Waals surface area contributed by atoms with Gasteiger partial charge in [0.25, 0.3) is 0 Å². The predicted molar refractivity (Wildman–Crippen MR) is 119 cm³/mol. The van der Waals surface area contributed by atoms with Gasteiger partial charge in [-0.05, 0) is 29.0 Å². The maximum Gasteiger partial charge on any atom is 0.226 e. The molecular formula is C22H20N2O5S. The lowest BCUT2D eigenvalue weighted by molar-refractivity contribution is -0.116. The van der Waals surface area contributed by atoms with Crippen molar-refractivity contribution in [2.45, 2.75) is 6.42 Å². The number of rotatable bonds is 6. The van der Waals surface area contributed by atoms with E-state index in [1.165, 1.54) is 14.2 Å².